The highest BCUT2D eigenvalue weighted by Crippen LogP contribution is 2.38. The minimum absolute atomic E-state index is 0.0420. The molecule has 1 unspecified atom stereocenters. The van der Waals surface area contributed by atoms with Gasteiger partial charge in [0.25, 0.3) is 7.82 Å². The number of likely N-dealkylation sites (N-methyl/N-ethyl adjacent to an activating group) is 1. The van der Waals surface area contributed by atoms with Crippen molar-refractivity contribution >= 4 is 19.8 Å². The Bertz CT molecular complexity index is 1140. The predicted octanol–water partition coefficient (Wildman–Crippen LogP) is 11.8. The van der Waals surface area contributed by atoms with E-state index in [-0.39, 0.29) is 26.1 Å². The average Bonchev–Trinajstić information content (AvgIpc) is 3.15. The van der Waals surface area contributed by atoms with Crippen LogP contribution in [0.25, 0.3) is 0 Å². The highest BCUT2D eigenvalue weighted by Gasteiger charge is 2.21. The van der Waals surface area contributed by atoms with Gasteiger partial charge in [-0.1, -0.05) is 139 Å². The van der Waals surface area contributed by atoms with Crippen LogP contribution in [0.1, 0.15) is 168 Å². The lowest BCUT2D eigenvalue weighted by Gasteiger charge is -2.28. The molecule has 0 saturated carbocycles. The van der Waals surface area contributed by atoms with Gasteiger partial charge in [0.05, 0.1) is 27.7 Å². The van der Waals surface area contributed by atoms with Crippen LogP contribution in [0.5, 0.6) is 0 Å². The van der Waals surface area contributed by atoms with Crippen LogP contribution in [-0.4, -0.2) is 70.0 Å². The van der Waals surface area contributed by atoms with E-state index in [0.29, 0.717) is 23.9 Å². The van der Waals surface area contributed by atoms with Crippen LogP contribution in [0.3, 0.4) is 0 Å². The Morgan fingerprint density at radius 3 is 1.55 bits per heavy atom. The van der Waals surface area contributed by atoms with Crippen LogP contribution < -0.4 is 4.89 Å². The van der Waals surface area contributed by atoms with Crippen molar-refractivity contribution in [3.63, 3.8) is 0 Å². The van der Waals surface area contributed by atoms with Crippen LogP contribution in [0, 0.1) is 0 Å². The van der Waals surface area contributed by atoms with E-state index in [1.165, 1.54) is 64.2 Å². The number of quaternary nitrogens is 1. The Labute approximate surface area is 343 Å². The summed E-state index contributed by atoms with van der Waals surface area (Å²) in [6.07, 6.45) is 45.3. The first-order valence-corrected chi connectivity index (χ1v) is 23.5. The van der Waals surface area contributed by atoms with E-state index >= 15 is 0 Å². The van der Waals surface area contributed by atoms with Crippen molar-refractivity contribution in [1.29, 1.82) is 0 Å². The monoisotopic (exact) mass is 808 g/mol. The summed E-state index contributed by atoms with van der Waals surface area (Å²) in [5.74, 6) is -0.900. The third-order valence-corrected chi connectivity index (χ3v) is 9.96. The van der Waals surface area contributed by atoms with Crippen LogP contribution in [0.2, 0.25) is 0 Å². The van der Waals surface area contributed by atoms with Gasteiger partial charge in [-0.25, -0.2) is 0 Å². The maximum absolute atomic E-state index is 12.7. The van der Waals surface area contributed by atoms with Crippen LogP contribution in [0.4, 0.5) is 0 Å². The summed E-state index contributed by atoms with van der Waals surface area (Å²) in [7, 11) is 1.13. The quantitative estimate of drug-likeness (QED) is 0.0198. The molecule has 10 heteroatoms. The molecule has 0 spiro atoms. The van der Waals surface area contributed by atoms with Crippen LogP contribution in [0.15, 0.2) is 60.8 Å². The summed E-state index contributed by atoms with van der Waals surface area (Å²) in [5, 5.41) is 0. The van der Waals surface area contributed by atoms with E-state index in [1.54, 1.807) is 0 Å². The Kier molecular flexibility index (Phi) is 36.7. The topological polar surface area (TPSA) is 111 Å². The van der Waals surface area contributed by atoms with E-state index in [2.05, 4.69) is 74.6 Å². The normalized spacial score (nSPS) is 14.2. The van der Waals surface area contributed by atoms with Gasteiger partial charge in [-0.15, -0.1) is 0 Å². The molecule has 56 heavy (non-hydrogen) atoms. The molecule has 0 aliphatic heterocycles. The van der Waals surface area contributed by atoms with Gasteiger partial charge >= 0.3 is 11.9 Å². The largest absolute Gasteiger partial charge is 0.756 e. The highest BCUT2D eigenvalue weighted by molar-refractivity contribution is 7.45. The second kappa shape index (κ2) is 38.2. The summed E-state index contributed by atoms with van der Waals surface area (Å²) >= 11 is 0. The number of ether oxygens (including phenoxy) is 2. The lowest BCUT2D eigenvalue weighted by atomic mass is 10.1. The Balaban J connectivity index is 4.46. The van der Waals surface area contributed by atoms with Crippen molar-refractivity contribution in [2.24, 2.45) is 0 Å². The fraction of sp³-hybridized carbons (Fsp3) is 0.739. The van der Waals surface area contributed by atoms with E-state index in [0.717, 1.165) is 64.2 Å². The van der Waals surface area contributed by atoms with Gasteiger partial charge in [0, 0.05) is 12.8 Å². The molecule has 0 amide bonds. The molecule has 0 radical (unpaired) electrons. The first-order chi connectivity index (χ1) is 27.0. The summed E-state index contributed by atoms with van der Waals surface area (Å²) in [5.41, 5.74) is 0. The number of allylic oxidation sites excluding steroid dienone is 10. The summed E-state index contributed by atoms with van der Waals surface area (Å²) < 4.78 is 33.8. The number of hydrogen-bond acceptors (Lipinski definition) is 8. The number of nitrogens with zero attached hydrogens (tertiary/aromatic N) is 1. The fourth-order valence-corrected chi connectivity index (χ4v) is 6.25. The number of rotatable bonds is 39. The molecule has 2 atom stereocenters. The number of phosphoric ester groups is 1. The molecule has 0 aliphatic carbocycles. The van der Waals surface area contributed by atoms with Gasteiger partial charge < -0.3 is 27.9 Å². The fourth-order valence-electron chi connectivity index (χ4n) is 5.52. The first kappa shape index (κ1) is 53.7. The molecular formula is C46H82NO8P. The van der Waals surface area contributed by atoms with Crippen molar-refractivity contribution in [3.8, 4) is 0 Å². The van der Waals surface area contributed by atoms with Gasteiger partial charge in [-0.05, 0) is 77.0 Å². The molecule has 0 saturated heterocycles. The molecule has 0 aromatic rings. The number of unbranched alkanes of at least 4 members (excludes halogenated alkanes) is 15. The third-order valence-electron chi connectivity index (χ3n) is 8.99. The van der Waals surface area contributed by atoms with Crippen molar-refractivity contribution < 1.29 is 42.1 Å². The number of carbonyl (C=O) groups excluding carboxylic acids is 2. The zero-order valence-electron chi connectivity index (χ0n) is 36.3. The second-order valence-corrected chi connectivity index (χ2v) is 17.1. The minimum atomic E-state index is -4.64. The Morgan fingerprint density at radius 1 is 0.554 bits per heavy atom. The zero-order valence-corrected chi connectivity index (χ0v) is 37.2. The lowest BCUT2D eigenvalue weighted by molar-refractivity contribution is -0.870. The molecule has 0 bridgehead atoms. The van der Waals surface area contributed by atoms with Crippen molar-refractivity contribution in [2.45, 2.75) is 174 Å². The second-order valence-electron chi connectivity index (χ2n) is 15.7. The van der Waals surface area contributed by atoms with Gasteiger partial charge in [0.15, 0.2) is 6.10 Å². The van der Waals surface area contributed by atoms with Gasteiger partial charge in [0.2, 0.25) is 0 Å². The zero-order chi connectivity index (χ0) is 41.4. The SMILES string of the molecule is CCC/C=C/C/C=C/C/C=C/C/C=C/CCCCCC(=O)OC[C@H](COP(=O)([O-])OCC[N+](C)(C)C)OC(=O)CCCC/C=C/CCCCCCCCCCC. The number of esters is 2. The number of phosphoric acid groups is 1. The molecule has 0 heterocycles. The van der Waals surface area contributed by atoms with Crippen LogP contribution >= 0.6 is 7.82 Å². The molecular weight excluding hydrogens is 725 g/mol. The molecule has 0 fully saturated rings. The summed E-state index contributed by atoms with van der Waals surface area (Å²) in [6.45, 7) is 4.08. The molecule has 0 rings (SSSR count). The highest BCUT2D eigenvalue weighted by atomic mass is 31.2. The third kappa shape index (κ3) is 41.3. The average molecular weight is 808 g/mol. The Hall–Kier alpha value is -2.29. The van der Waals surface area contributed by atoms with Crippen molar-refractivity contribution in [2.75, 3.05) is 47.5 Å². The molecule has 0 aromatic carbocycles. The smallest absolute Gasteiger partial charge is 0.306 e. The summed E-state index contributed by atoms with van der Waals surface area (Å²) in [6, 6.07) is 0. The van der Waals surface area contributed by atoms with Gasteiger partial charge in [-0.3, -0.25) is 14.2 Å². The summed E-state index contributed by atoms with van der Waals surface area (Å²) in [4.78, 5) is 37.5. The van der Waals surface area contributed by atoms with Gasteiger partial charge in [-0.2, -0.15) is 0 Å². The molecule has 0 aromatic heterocycles. The number of carbonyl (C=O) groups is 2. The Morgan fingerprint density at radius 2 is 1.00 bits per heavy atom. The number of hydrogen-bond donors (Lipinski definition) is 0. The molecule has 0 aliphatic rings. The van der Waals surface area contributed by atoms with Crippen LogP contribution in [-0.2, 0) is 32.7 Å². The van der Waals surface area contributed by atoms with Crippen molar-refractivity contribution in [3.05, 3.63) is 60.8 Å². The van der Waals surface area contributed by atoms with Gasteiger partial charge in [0.1, 0.15) is 19.8 Å². The molecule has 9 nitrogen and oxygen atoms in total. The minimum Gasteiger partial charge on any atom is -0.756 e. The van der Waals surface area contributed by atoms with E-state index < -0.39 is 32.5 Å². The maximum atomic E-state index is 12.7. The molecule has 0 N–H and O–H groups in total. The van der Waals surface area contributed by atoms with E-state index in [1.807, 2.05) is 21.1 Å². The van der Waals surface area contributed by atoms with E-state index in [4.69, 9.17) is 18.5 Å². The van der Waals surface area contributed by atoms with Crippen molar-refractivity contribution in [1.82, 2.24) is 0 Å². The molecule has 324 valence electrons. The van der Waals surface area contributed by atoms with E-state index in [9.17, 15) is 19.0 Å². The standard InChI is InChI=1S/C46H82NO8P/c1-6-8-10-12-14-16-18-20-22-23-25-26-28-30-32-34-36-38-45(48)52-42-44(43-54-56(50,51)53-41-40-47(3,4)5)55-46(49)39-37-35-33-31-29-27-24-21-19-17-15-13-11-9-7-2/h10,12,16,18,22-23,26,28-29,31,44H,6-9,11,13-15,17,19-21,24-25,27,30,32-43H2,1-5H3/b12-10+,18-16+,23-22+,28-26+,31-29+/t44-/m1/s1. The lowest BCUT2D eigenvalue weighted by Crippen LogP contribution is -2.37. The maximum Gasteiger partial charge on any atom is 0.306 e. The predicted molar refractivity (Wildman–Crippen MR) is 231 cm³/mol. The first-order valence-electron chi connectivity index (χ1n) is 22.0.